The normalized spacial score (nSPS) is 10.9. The number of halogens is 3. The van der Waals surface area contributed by atoms with E-state index in [0.717, 1.165) is 11.3 Å². The topological polar surface area (TPSA) is 41.5 Å². The summed E-state index contributed by atoms with van der Waals surface area (Å²) in [5.41, 5.74) is 2.65. The molecule has 0 saturated heterocycles. The maximum absolute atomic E-state index is 12.7. The lowest BCUT2D eigenvalue weighted by molar-refractivity contribution is 0.0955. The molecule has 0 fully saturated rings. The number of hydrogen-bond donors (Lipinski definition) is 1. The van der Waals surface area contributed by atoms with Gasteiger partial charge in [-0.25, -0.2) is 5.43 Å². The predicted octanol–water partition coefficient (Wildman–Crippen LogP) is 3.96. The van der Waals surface area contributed by atoms with Gasteiger partial charge in [0.2, 0.25) is 0 Å². The molecule has 1 aromatic carbocycles. The number of thiophene rings is 1. The molecule has 3 nitrogen and oxygen atoms in total. The van der Waals surface area contributed by atoms with Crippen molar-refractivity contribution in [3.05, 3.63) is 55.9 Å². The molecule has 0 saturated carbocycles. The van der Waals surface area contributed by atoms with E-state index in [-0.39, 0.29) is 5.13 Å². The first-order chi connectivity index (χ1) is 9.06. The minimum absolute atomic E-state index is 0.290. The van der Waals surface area contributed by atoms with Crippen LogP contribution in [0.3, 0.4) is 0 Å². The molecule has 0 unspecified atom stereocenters. The van der Waals surface area contributed by atoms with Crippen LogP contribution in [-0.4, -0.2) is 12.1 Å². The number of amides is 1. The SMILES string of the molecule is O=C(N/N=C/c1ccc(F)s1)c1ccc(Cl)c(Cl)c1. The number of nitrogens with zero attached hydrogens (tertiary/aromatic N) is 1. The van der Waals surface area contributed by atoms with Gasteiger partial charge in [-0.1, -0.05) is 23.2 Å². The van der Waals surface area contributed by atoms with Crippen molar-refractivity contribution in [2.45, 2.75) is 0 Å². The minimum atomic E-state index is -0.424. The summed E-state index contributed by atoms with van der Waals surface area (Å²) in [6.45, 7) is 0. The number of rotatable bonds is 3. The van der Waals surface area contributed by atoms with Crippen molar-refractivity contribution < 1.29 is 9.18 Å². The third-order valence-electron chi connectivity index (χ3n) is 2.13. The Kier molecular flexibility index (Phi) is 4.52. The molecule has 0 atom stereocenters. The number of nitrogens with one attached hydrogen (secondary N) is 1. The molecule has 2 rings (SSSR count). The van der Waals surface area contributed by atoms with Gasteiger partial charge in [0.25, 0.3) is 5.91 Å². The summed E-state index contributed by atoms with van der Waals surface area (Å²) in [7, 11) is 0. The van der Waals surface area contributed by atoms with E-state index >= 15 is 0 Å². The van der Waals surface area contributed by atoms with Crippen LogP contribution in [-0.2, 0) is 0 Å². The van der Waals surface area contributed by atoms with E-state index < -0.39 is 5.91 Å². The van der Waals surface area contributed by atoms with Crippen LogP contribution < -0.4 is 5.43 Å². The summed E-state index contributed by atoms with van der Waals surface area (Å²) in [5, 5.41) is 4.08. The summed E-state index contributed by atoms with van der Waals surface area (Å²) in [6, 6.07) is 7.39. The van der Waals surface area contributed by atoms with Crippen LogP contribution in [0, 0.1) is 5.13 Å². The summed E-state index contributed by atoms with van der Waals surface area (Å²) < 4.78 is 12.7. The smallest absolute Gasteiger partial charge is 0.267 e. The summed E-state index contributed by atoms with van der Waals surface area (Å²) >= 11 is 12.5. The third kappa shape index (κ3) is 3.76. The third-order valence-corrected chi connectivity index (χ3v) is 3.68. The van der Waals surface area contributed by atoms with E-state index in [1.165, 1.54) is 30.5 Å². The van der Waals surface area contributed by atoms with Crippen LogP contribution in [0.1, 0.15) is 15.2 Å². The molecule has 1 aromatic heterocycles. The molecule has 2 aromatic rings. The molecule has 0 radical (unpaired) electrons. The molecule has 0 aliphatic rings. The molecule has 19 heavy (non-hydrogen) atoms. The fourth-order valence-corrected chi connectivity index (χ4v) is 2.15. The van der Waals surface area contributed by atoms with Gasteiger partial charge in [0.15, 0.2) is 5.13 Å². The molecule has 1 heterocycles. The first-order valence-electron chi connectivity index (χ1n) is 5.10. The van der Waals surface area contributed by atoms with Gasteiger partial charge in [-0.15, -0.1) is 11.3 Å². The molecule has 0 bridgehead atoms. The molecule has 0 aliphatic heterocycles. The number of hydrazone groups is 1. The van der Waals surface area contributed by atoms with Crippen LogP contribution in [0.4, 0.5) is 4.39 Å². The van der Waals surface area contributed by atoms with Crippen molar-refractivity contribution in [2.24, 2.45) is 5.10 Å². The molecule has 0 aliphatic carbocycles. The van der Waals surface area contributed by atoms with Crippen molar-refractivity contribution in [3.63, 3.8) is 0 Å². The van der Waals surface area contributed by atoms with Gasteiger partial charge in [0.1, 0.15) is 0 Å². The largest absolute Gasteiger partial charge is 0.271 e. The van der Waals surface area contributed by atoms with E-state index in [0.29, 0.717) is 20.5 Å². The van der Waals surface area contributed by atoms with Gasteiger partial charge in [-0.05, 0) is 30.3 Å². The fraction of sp³-hybridized carbons (Fsp3) is 0. The molecule has 0 spiro atoms. The van der Waals surface area contributed by atoms with Crippen molar-refractivity contribution >= 4 is 46.7 Å². The summed E-state index contributed by atoms with van der Waals surface area (Å²) in [5.74, 6) is -0.424. The van der Waals surface area contributed by atoms with Gasteiger partial charge in [-0.3, -0.25) is 4.79 Å². The van der Waals surface area contributed by atoms with E-state index in [9.17, 15) is 9.18 Å². The Morgan fingerprint density at radius 3 is 2.68 bits per heavy atom. The predicted molar refractivity (Wildman–Crippen MR) is 75.8 cm³/mol. The quantitative estimate of drug-likeness (QED) is 0.676. The van der Waals surface area contributed by atoms with E-state index in [2.05, 4.69) is 10.5 Å². The summed E-state index contributed by atoms with van der Waals surface area (Å²) in [6.07, 6.45) is 1.36. The Hall–Kier alpha value is -1.43. The van der Waals surface area contributed by atoms with Gasteiger partial charge < -0.3 is 0 Å². The van der Waals surface area contributed by atoms with Crippen molar-refractivity contribution in [1.29, 1.82) is 0 Å². The second-order valence-corrected chi connectivity index (χ2v) is 5.35. The van der Waals surface area contributed by atoms with Crippen LogP contribution in [0.15, 0.2) is 35.4 Å². The second kappa shape index (κ2) is 6.14. The number of hydrogen-bond acceptors (Lipinski definition) is 3. The highest BCUT2D eigenvalue weighted by Gasteiger charge is 2.06. The fourth-order valence-electron chi connectivity index (χ4n) is 1.25. The van der Waals surface area contributed by atoms with Crippen LogP contribution in [0.2, 0.25) is 10.0 Å². The number of benzene rings is 1. The average Bonchev–Trinajstić information content (AvgIpc) is 2.78. The Morgan fingerprint density at radius 1 is 1.26 bits per heavy atom. The van der Waals surface area contributed by atoms with Crippen LogP contribution in [0.25, 0.3) is 0 Å². The highest BCUT2D eigenvalue weighted by atomic mass is 35.5. The first kappa shape index (κ1) is 14.0. The second-order valence-electron chi connectivity index (χ2n) is 3.47. The average molecular weight is 317 g/mol. The van der Waals surface area contributed by atoms with E-state index in [1.54, 1.807) is 6.07 Å². The summed E-state index contributed by atoms with van der Waals surface area (Å²) in [4.78, 5) is 12.3. The molecule has 7 heteroatoms. The van der Waals surface area contributed by atoms with E-state index in [1.807, 2.05) is 0 Å². The zero-order valence-electron chi connectivity index (χ0n) is 9.36. The molecular weight excluding hydrogens is 310 g/mol. The maximum atomic E-state index is 12.7. The molecule has 1 N–H and O–H groups in total. The van der Waals surface area contributed by atoms with Crippen LogP contribution >= 0.6 is 34.5 Å². The highest BCUT2D eigenvalue weighted by molar-refractivity contribution is 7.12. The highest BCUT2D eigenvalue weighted by Crippen LogP contribution is 2.22. The van der Waals surface area contributed by atoms with Gasteiger partial charge in [0, 0.05) is 5.56 Å². The Morgan fingerprint density at radius 2 is 2.05 bits per heavy atom. The first-order valence-corrected chi connectivity index (χ1v) is 6.67. The molecule has 98 valence electrons. The standard InChI is InChI=1S/C12H7Cl2FN2OS/c13-9-3-1-7(5-10(9)14)12(18)17-16-6-8-2-4-11(15)19-8/h1-6H,(H,17,18)/b16-6+. The minimum Gasteiger partial charge on any atom is -0.267 e. The van der Waals surface area contributed by atoms with Gasteiger partial charge >= 0.3 is 0 Å². The van der Waals surface area contributed by atoms with E-state index in [4.69, 9.17) is 23.2 Å². The Labute approximate surface area is 122 Å². The Balaban J connectivity index is 2.01. The lowest BCUT2D eigenvalue weighted by Crippen LogP contribution is -2.17. The number of carbonyl (C=O) groups excluding carboxylic acids is 1. The lowest BCUT2D eigenvalue weighted by atomic mass is 10.2. The van der Waals surface area contributed by atoms with Crippen molar-refractivity contribution in [3.8, 4) is 0 Å². The molecule has 1 amide bonds. The van der Waals surface area contributed by atoms with Crippen molar-refractivity contribution in [1.82, 2.24) is 5.43 Å². The zero-order valence-corrected chi connectivity index (χ0v) is 11.7. The van der Waals surface area contributed by atoms with Crippen LogP contribution in [0.5, 0.6) is 0 Å². The monoisotopic (exact) mass is 316 g/mol. The van der Waals surface area contributed by atoms with Gasteiger partial charge in [-0.2, -0.15) is 9.49 Å². The van der Waals surface area contributed by atoms with Crippen molar-refractivity contribution in [2.75, 3.05) is 0 Å². The zero-order chi connectivity index (χ0) is 13.8. The maximum Gasteiger partial charge on any atom is 0.271 e. The number of carbonyl (C=O) groups is 1. The molecular formula is C12H7Cl2FN2OS. The van der Waals surface area contributed by atoms with Gasteiger partial charge in [0.05, 0.1) is 21.1 Å². The Bertz CT molecular complexity index is 642. The lowest BCUT2D eigenvalue weighted by Gasteiger charge is -2.01.